The van der Waals surface area contributed by atoms with Crippen molar-refractivity contribution in [2.75, 3.05) is 5.73 Å². The van der Waals surface area contributed by atoms with Crippen LogP contribution in [0.25, 0.3) is 0 Å². The van der Waals surface area contributed by atoms with Crippen LogP contribution < -0.4 is 15.9 Å². The highest BCUT2D eigenvalue weighted by Crippen LogP contribution is 2.17. The minimum absolute atomic E-state index is 0.00737. The van der Waals surface area contributed by atoms with Crippen LogP contribution in [0.15, 0.2) is 22.3 Å². The number of amides is 1. The van der Waals surface area contributed by atoms with Gasteiger partial charge in [-0.15, -0.1) is 0 Å². The standard InChI is InChI=1S/C11H9F2N3O2S/c12-5-1-7(9(13)8(14)2-5)10(17)15-3-6-4-19-11(18)16-6/h1-2,4H,3,14H2,(H,15,17)(H,16,18). The minimum Gasteiger partial charge on any atom is -0.396 e. The van der Waals surface area contributed by atoms with E-state index >= 15 is 0 Å². The molecule has 1 amide bonds. The Morgan fingerprint density at radius 2 is 2.16 bits per heavy atom. The third-order valence-corrected chi connectivity index (χ3v) is 3.04. The molecule has 8 heteroatoms. The van der Waals surface area contributed by atoms with Crippen LogP contribution in [0.5, 0.6) is 0 Å². The Balaban J connectivity index is 2.14. The third kappa shape index (κ3) is 2.97. The van der Waals surface area contributed by atoms with E-state index in [1.165, 1.54) is 5.38 Å². The molecule has 2 rings (SSSR count). The summed E-state index contributed by atoms with van der Waals surface area (Å²) in [6, 6.07) is 1.56. The van der Waals surface area contributed by atoms with E-state index in [1.54, 1.807) is 0 Å². The van der Waals surface area contributed by atoms with Crippen LogP contribution in [0.4, 0.5) is 14.5 Å². The molecule has 100 valence electrons. The summed E-state index contributed by atoms with van der Waals surface area (Å²) in [5.41, 5.74) is 4.80. The average molecular weight is 285 g/mol. The maximum absolute atomic E-state index is 13.6. The second-order valence-electron chi connectivity index (χ2n) is 3.71. The van der Waals surface area contributed by atoms with E-state index in [0.29, 0.717) is 5.69 Å². The second-order valence-corrected chi connectivity index (χ2v) is 4.55. The fourth-order valence-corrected chi connectivity index (χ4v) is 2.03. The number of nitrogens with two attached hydrogens (primary N) is 1. The van der Waals surface area contributed by atoms with E-state index < -0.39 is 28.8 Å². The Morgan fingerprint density at radius 1 is 1.42 bits per heavy atom. The summed E-state index contributed by atoms with van der Waals surface area (Å²) < 4.78 is 26.6. The van der Waals surface area contributed by atoms with E-state index in [-0.39, 0.29) is 11.4 Å². The normalized spacial score (nSPS) is 10.4. The van der Waals surface area contributed by atoms with Gasteiger partial charge in [0.25, 0.3) is 5.91 Å². The van der Waals surface area contributed by atoms with Gasteiger partial charge in [0.05, 0.1) is 17.8 Å². The summed E-state index contributed by atoms with van der Waals surface area (Å²) in [5.74, 6) is -2.58. The van der Waals surface area contributed by atoms with Gasteiger partial charge in [-0.3, -0.25) is 9.59 Å². The lowest BCUT2D eigenvalue weighted by Gasteiger charge is -2.06. The van der Waals surface area contributed by atoms with Gasteiger partial charge in [-0.05, 0) is 12.1 Å². The third-order valence-electron chi connectivity index (χ3n) is 2.32. The van der Waals surface area contributed by atoms with E-state index in [4.69, 9.17) is 5.73 Å². The number of aromatic nitrogens is 1. The van der Waals surface area contributed by atoms with Crippen LogP contribution in [-0.4, -0.2) is 10.9 Å². The molecule has 1 heterocycles. The summed E-state index contributed by atoms with van der Waals surface area (Å²) in [7, 11) is 0. The Kier molecular flexibility index (Phi) is 3.61. The molecular formula is C11H9F2N3O2S. The van der Waals surface area contributed by atoms with Gasteiger partial charge in [0.1, 0.15) is 5.82 Å². The van der Waals surface area contributed by atoms with Crippen molar-refractivity contribution in [2.45, 2.75) is 6.54 Å². The lowest BCUT2D eigenvalue weighted by Crippen LogP contribution is -2.24. The number of H-pyrrole nitrogens is 1. The van der Waals surface area contributed by atoms with Gasteiger partial charge >= 0.3 is 4.87 Å². The molecule has 5 nitrogen and oxygen atoms in total. The molecule has 0 aliphatic carbocycles. The van der Waals surface area contributed by atoms with Crippen molar-refractivity contribution < 1.29 is 13.6 Å². The summed E-state index contributed by atoms with van der Waals surface area (Å²) >= 11 is 0.943. The summed E-state index contributed by atoms with van der Waals surface area (Å²) in [6.45, 7) is 0.00737. The molecule has 1 aromatic carbocycles. The number of rotatable bonds is 3. The van der Waals surface area contributed by atoms with Crippen LogP contribution in [0.3, 0.4) is 0 Å². The van der Waals surface area contributed by atoms with E-state index in [2.05, 4.69) is 10.3 Å². The van der Waals surface area contributed by atoms with Crippen LogP contribution >= 0.6 is 11.3 Å². The first kappa shape index (κ1) is 13.2. The molecule has 0 spiro atoms. The van der Waals surface area contributed by atoms with Crippen molar-refractivity contribution in [3.8, 4) is 0 Å². The number of nitrogens with one attached hydrogen (secondary N) is 2. The summed E-state index contributed by atoms with van der Waals surface area (Å²) in [4.78, 5) is 24.8. The number of nitrogen functional groups attached to an aromatic ring is 1. The van der Waals surface area contributed by atoms with E-state index in [1.807, 2.05) is 0 Å². The number of thiazole rings is 1. The number of aromatic amines is 1. The molecule has 1 aromatic heterocycles. The number of carbonyl (C=O) groups is 1. The predicted molar refractivity (Wildman–Crippen MR) is 66.9 cm³/mol. The highest BCUT2D eigenvalue weighted by Gasteiger charge is 2.16. The molecule has 0 radical (unpaired) electrons. The molecule has 0 unspecified atom stereocenters. The monoisotopic (exact) mass is 285 g/mol. The minimum atomic E-state index is -0.974. The van der Waals surface area contributed by atoms with Gasteiger partial charge in [-0.2, -0.15) is 0 Å². The SMILES string of the molecule is Nc1cc(F)cc(C(=O)NCc2csc(=O)[nH]2)c1F. The largest absolute Gasteiger partial charge is 0.396 e. The van der Waals surface area contributed by atoms with Crippen molar-refractivity contribution in [1.29, 1.82) is 0 Å². The molecule has 0 saturated heterocycles. The predicted octanol–water partition coefficient (Wildman–Crippen LogP) is 1.23. The highest BCUT2D eigenvalue weighted by molar-refractivity contribution is 7.07. The molecule has 19 heavy (non-hydrogen) atoms. The smallest absolute Gasteiger partial charge is 0.304 e. The van der Waals surface area contributed by atoms with Crippen molar-refractivity contribution >= 4 is 22.9 Å². The number of benzene rings is 1. The van der Waals surface area contributed by atoms with Gasteiger partial charge in [0.15, 0.2) is 5.82 Å². The molecule has 0 bridgehead atoms. The van der Waals surface area contributed by atoms with Gasteiger partial charge < -0.3 is 16.0 Å². The van der Waals surface area contributed by atoms with Gasteiger partial charge in [0, 0.05) is 11.1 Å². The first-order valence-corrected chi connectivity index (χ1v) is 6.04. The molecule has 2 aromatic rings. The highest BCUT2D eigenvalue weighted by atomic mass is 32.1. The second kappa shape index (κ2) is 5.19. The first-order valence-electron chi connectivity index (χ1n) is 5.17. The zero-order valence-corrected chi connectivity index (χ0v) is 10.3. The van der Waals surface area contributed by atoms with Crippen LogP contribution in [0.1, 0.15) is 16.1 Å². The zero-order valence-electron chi connectivity index (χ0n) is 9.50. The van der Waals surface area contributed by atoms with Gasteiger partial charge in [-0.25, -0.2) is 8.78 Å². The van der Waals surface area contributed by atoms with E-state index in [0.717, 1.165) is 23.5 Å². The van der Waals surface area contributed by atoms with Crippen molar-refractivity contribution in [3.63, 3.8) is 0 Å². The number of halogens is 2. The first-order chi connectivity index (χ1) is 8.97. The number of hydrogen-bond donors (Lipinski definition) is 3. The van der Waals surface area contributed by atoms with E-state index in [9.17, 15) is 18.4 Å². The maximum atomic E-state index is 13.6. The van der Waals surface area contributed by atoms with Crippen LogP contribution in [0, 0.1) is 11.6 Å². The lowest BCUT2D eigenvalue weighted by molar-refractivity contribution is 0.0946. The molecule has 0 atom stereocenters. The van der Waals surface area contributed by atoms with Gasteiger partial charge in [-0.1, -0.05) is 11.3 Å². The Labute approximate surface area is 110 Å². The summed E-state index contributed by atoms with van der Waals surface area (Å²) in [6.07, 6.45) is 0. The quantitative estimate of drug-likeness (QED) is 0.741. The topological polar surface area (TPSA) is 88.0 Å². The number of carbonyl (C=O) groups excluding carboxylic acids is 1. The Bertz CT molecular complexity index is 681. The molecule has 0 aliphatic heterocycles. The maximum Gasteiger partial charge on any atom is 0.304 e. The van der Waals surface area contributed by atoms with Crippen molar-refractivity contribution in [3.05, 3.63) is 50.1 Å². The average Bonchev–Trinajstić information content (AvgIpc) is 2.76. The van der Waals surface area contributed by atoms with Crippen LogP contribution in [-0.2, 0) is 6.54 Å². The summed E-state index contributed by atoms with van der Waals surface area (Å²) in [5, 5.41) is 3.89. The van der Waals surface area contributed by atoms with Gasteiger partial charge in [0.2, 0.25) is 0 Å². The van der Waals surface area contributed by atoms with Crippen LogP contribution in [0.2, 0.25) is 0 Å². The number of anilines is 1. The fraction of sp³-hybridized carbons (Fsp3) is 0.0909. The zero-order chi connectivity index (χ0) is 14.0. The number of hydrogen-bond acceptors (Lipinski definition) is 4. The Morgan fingerprint density at radius 3 is 2.79 bits per heavy atom. The lowest BCUT2D eigenvalue weighted by atomic mass is 10.1. The van der Waals surface area contributed by atoms with Crippen molar-refractivity contribution in [2.24, 2.45) is 0 Å². The fourth-order valence-electron chi connectivity index (χ4n) is 1.45. The molecule has 4 N–H and O–H groups in total. The molecule has 0 saturated carbocycles. The Hall–Kier alpha value is -2.22. The molecule has 0 aliphatic rings. The molecule has 0 fully saturated rings. The molecular weight excluding hydrogens is 276 g/mol. The van der Waals surface area contributed by atoms with Crippen molar-refractivity contribution in [1.82, 2.24) is 10.3 Å².